The van der Waals surface area contributed by atoms with Crippen LogP contribution in [-0.4, -0.2) is 55.3 Å². The van der Waals surface area contributed by atoms with Gasteiger partial charge in [-0.1, -0.05) is 27.4 Å². The second-order valence-corrected chi connectivity index (χ2v) is 11.6. The molecular weight excluding hydrogens is 554 g/mol. The Morgan fingerprint density at radius 1 is 1.29 bits per heavy atom. The minimum atomic E-state index is -0.651. The second-order valence-electron chi connectivity index (χ2n) is 10.8. The van der Waals surface area contributed by atoms with Gasteiger partial charge in [0.15, 0.2) is 17.5 Å². The minimum absolute atomic E-state index is 0.164. The zero-order valence-corrected chi connectivity index (χ0v) is 26.9. The summed E-state index contributed by atoms with van der Waals surface area (Å²) < 4.78 is 35.9. The van der Waals surface area contributed by atoms with E-state index >= 15 is 8.78 Å². The summed E-state index contributed by atoms with van der Waals surface area (Å²) in [6, 6.07) is 4.54. The van der Waals surface area contributed by atoms with E-state index in [-0.39, 0.29) is 17.5 Å². The van der Waals surface area contributed by atoms with Gasteiger partial charge in [-0.15, -0.1) is 11.8 Å². The van der Waals surface area contributed by atoms with E-state index in [9.17, 15) is 0 Å². The second kappa shape index (κ2) is 15.3. The third-order valence-electron chi connectivity index (χ3n) is 7.07. The minimum Gasteiger partial charge on any atom is -0.377 e. The van der Waals surface area contributed by atoms with Crippen molar-refractivity contribution in [3.05, 3.63) is 70.7 Å². The Hall–Kier alpha value is -3.24. The van der Waals surface area contributed by atoms with Crippen molar-refractivity contribution in [3.8, 4) is 0 Å². The van der Waals surface area contributed by atoms with Gasteiger partial charge in [-0.25, -0.2) is 13.8 Å². The molecule has 7 nitrogen and oxygen atoms in total. The molecule has 0 saturated heterocycles. The molecule has 228 valence electrons. The molecule has 0 atom stereocenters. The van der Waals surface area contributed by atoms with Crippen LogP contribution in [0.2, 0.25) is 0 Å². The number of nitrogens with zero attached hydrogens (tertiary/aromatic N) is 4. The number of aromatic amines is 1. The summed E-state index contributed by atoms with van der Waals surface area (Å²) in [5.74, 6) is 0.662. The quantitative estimate of drug-likeness (QED) is 0.0759. The number of H-pyrrole nitrogens is 1. The van der Waals surface area contributed by atoms with Crippen molar-refractivity contribution in [1.29, 1.82) is 0 Å². The highest BCUT2D eigenvalue weighted by Gasteiger charge is 2.32. The summed E-state index contributed by atoms with van der Waals surface area (Å²) in [5, 5.41) is 10.7. The molecule has 1 saturated carbocycles. The lowest BCUT2D eigenvalue weighted by atomic mass is 9.94. The molecule has 1 aromatic heterocycles. The van der Waals surface area contributed by atoms with E-state index in [4.69, 9.17) is 9.73 Å². The highest BCUT2D eigenvalue weighted by atomic mass is 32.2. The maximum absolute atomic E-state index is 15.0. The van der Waals surface area contributed by atoms with Crippen molar-refractivity contribution in [2.24, 2.45) is 21.8 Å². The predicted octanol–water partition coefficient (Wildman–Crippen LogP) is 7.94. The molecule has 0 radical (unpaired) electrons. The standard InChI is InChI=1S/C32H44F2N6OS/c1-10-13-41-18-24(19(2)3)15-28(35-7)21(5)30(23-11-12-23)32(37-29-14-20(4)38-39-29)36-22(6)40(8)31-26(33)16-25(42-9)17-27(31)34/h14-17,19,23H,5,10-13,18H2,1-4,6-9H3,(H2,37,38,39)/b24-15-,32-30-,35-28?,36-22+. The van der Waals surface area contributed by atoms with Gasteiger partial charge in [-0.2, -0.15) is 5.10 Å². The van der Waals surface area contributed by atoms with Crippen LogP contribution in [-0.2, 0) is 4.74 Å². The van der Waals surface area contributed by atoms with Crippen molar-refractivity contribution in [2.75, 3.05) is 43.8 Å². The highest BCUT2D eigenvalue weighted by Crippen LogP contribution is 2.42. The van der Waals surface area contributed by atoms with Gasteiger partial charge in [0.25, 0.3) is 0 Å². The molecule has 1 aliphatic rings. The van der Waals surface area contributed by atoms with Gasteiger partial charge in [0.05, 0.1) is 12.3 Å². The summed E-state index contributed by atoms with van der Waals surface area (Å²) in [6.45, 7) is 15.7. The Bertz CT molecular complexity index is 1360. The number of hydrogen-bond donors (Lipinski definition) is 2. The predicted molar refractivity (Wildman–Crippen MR) is 173 cm³/mol. The first-order chi connectivity index (χ1) is 20.0. The number of rotatable bonds is 14. The third kappa shape index (κ3) is 8.64. The van der Waals surface area contributed by atoms with Gasteiger partial charge in [-0.3, -0.25) is 10.1 Å². The van der Waals surface area contributed by atoms with Crippen LogP contribution in [0, 0.1) is 30.4 Å². The molecule has 2 aromatic rings. The maximum atomic E-state index is 15.0. The fraction of sp³-hybridized carbons (Fsp3) is 0.469. The number of allylic oxidation sites excluding steroid dienone is 3. The molecule has 2 N–H and O–H groups in total. The van der Waals surface area contributed by atoms with E-state index in [2.05, 4.69) is 53.9 Å². The van der Waals surface area contributed by atoms with Crippen LogP contribution in [0.15, 0.2) is 68.3 Å². The van der Waals surface area contributed by atoms with Crippen LogP contribution in [0.4, 0.5) is 20.3 Å². The van der Waals surface area contributed by atoms with Gasteiger partial charge >= 0.3 is 0 Å². The Kier molecular flexibility index (Phi) is 12.1. The van der Waals surface area contributed by atoms with Crippen LogP contribution < -0.4 is 10.2 Å². The summed E-state index contributed by atoms with van der Waals surface area (Å²) in [4.78, 5) is 11.5. The number of ether oxygens (including phenoxy) is 1. The van der Waals surface area contributed by atoms with E-state index < -0.39 is 11.6 Å². The highest BCUT2D eigenvalue weighted by molar-refractivity contribution is 7.98. The first-order valence-corrected chi connectivity index (χ1v) is 15.5. The lowest BCUT2D eigenvalue weighted by molar-refractivity contribution is 0.152. The molecule has 3 rings (SSSR count). The average molecular weight is 599 g/mol. The topological polar surface area (TPSA) is 77.9 Å². The third-order valence-corrected chi connectivity index (χ3v) is 7.78. The van der Waals surface area contributed by atoms with E-state index in [0.29, 0.717) is 35.6 Å². The number of hydrogen-bond acceptors (Lipinski definition) is 6. The summed E-state index contributed by atoms with van der Waals surface area (Å²) in [5.41, 5.74) is 4.22. The number of halogens is 2. The first-order valence-electron chi connectivity index (χ1n) is 14.3. The number of benzene rings is 1. The number of aromatic nitrogens is 2. The van der Waals surface area contributed by atoms with Crippen molar-refractivity contribution < 1.29 is 13.5 Å². The zero-order chi connectivity index (χ0) is 31.0. The Labute approximate surface area is 253 Å². The normalized spacial score (nSPS) is 15.3. The van der Waals surface area contributed by atoms with Crippen molar-refractivity contribution in [2.45, 2.75) is 58.8 Å². The average Bonchev–Trinajstić information content (AvgIpc) is 3.69. The lowest BCUT2D eigenvalue weighted by Gasteiger charge is -2.22. The van der Waals surface area contributed by atoms with E-state index in [1.54, 1.807) is 27.3 Å². The Morgan fingerprint density at radius 3 is 2.45 bits per heavy atom. The fourth-order valence-corrected chi connectivity index (χ4v) is 4.84. The number of aliphatic imine (C=N–C) groups is 2. The molecule has 1 aromatic carbocycles. The van der Waals surface area contributed by atoms with Crippen LogP contribution >= 0.6 is 11.8 Å². The van der Waals surface area contributed by atoms with E-state index in [0.717, 1.165) is 47.4 Å². The zero-order valence-electron chi connectivity index (χ0n) is 26.1. The molecule has 1 fully saturated rings. The summed E-state index contributed by atoms with van der Waals surface area (Å²) >= 11 is 1.28. The van der Waals surface area contributed by atoms with Crippen LogP contribution in [0.5, 0.6) is 0 Å². The largest absolute Gasteiger partial charge is 0.377 e. The van der Waals surface area contributed by atoms with Crippen LogP contribution in [0.1, 0.15) is 52.7 Å². The maximum Gasteiger partial charge on any atom is 0.153 e. The molecule has 0 unspecified atom stereocenters. The first kappa shape index (κ1) is 33.3. The van der Waals surface area contributed by atoms with Gasteiger partial charge < -0.3 is 15.0 Å². The van der Waals surface area contributed by atoms with E-state index in [1.165, 1.54) is 28.8 Å². The Morgan fingerprint density at radius 2 is 1.95 bits per heavy atom. The van der Waals surface area contributed by atoms with Crippen molar-refractivity contribution >= 4 is 34.8 Å². The SMILES string of the molecule is C=C(C(/C=C(/COCCC)C(C)C)=NC)/C(=C(\N=C(/C)N(C)c1c(F)cc(SC)cc1F)Nc1cc(C)[nH]n1)C1CC1. The Balaban J connectivity index is 2.12. The van der Waals surface area contributed by atoms with Gasteiger partial charge in [-0.05, 0) is 80.6 Å². The molecule has 0 aliphatic heterocycles. The van der Waals surface area contributed by atoms with Crippen LogP contribution in [0.25, 0.3) is 0 Å². The molecule has 42 heavy (non-hydrogen) atoms. The molecular formula is C32H44F2N6OS. The van der Waals surface area contributed by atoms with Gasteiger partial charge in [0, 0.05) is 42.9 Å². The number of nitrogens with one attached hydrogen (secondary N) is 2. The monoisotopic (exact) mass is 598 g/mol. The summed E-state index contributed by atoms with van der Waals surface area (Å²) in [7, 11) is 3.36. The molecule has 0 amide bonds. The molecule has 1 heterocycles. The molecule has 0 bridgehead atoms. The lowest BCUT2D eigenvalue weighted by Crippen LogP contribution is -2.26. The number of thioether (sulfide) groups is 1. The summed E-state index contributed by atoms with van der Waals surface area (Å²) in [6.07, 6.45) is 6.73. The van der Waals surface area contributed by atoms with Gasteiger partial charge in [0.1, 0.15) is 17.3 Å². The fourth-order valence-electron chi connectivity index (χ4n) is 4.40. The van der Waals surface area contributed by atoms with Gasteiger partial charge in [0.2, 0.25) is 0 Å². The molecule has 1 aliphatic carbocycles. The number of amidine groups is 1. The van der Waals surface area contributed by atoms with Crippen molar-refractivity contribution in [1.82, 2.24) is 10.2 Å². The van der Waals surface area contributed by atoms with Crippen molar-refractivity contribution in [3.63, 3.8) is 0 Å². The number of anilines is 2. The smallest absolute Gasteiger partial charge is 0.153 e. The number of aryl methyl sites for hydroxylation is 1. The molecule has 0 spiro atoms. The van der Waals surface area contributed by atoms with E-state index in [1.807, 2.05) is 13.0 Å². The molecule has 10 heteroatoms. The van der Waals surface area contributed by atoms with Crippen LogP contribution in [0.3, 0.4) is 0 Å².